The summed E-state index contributed by atoms with van der Waals surface area (Å²) < 4.78 is 5.69. The highest BCUT2D eigenvalue weighted by Gasteiger charge is 2.21. The Bertz CT molecular complexity index is 1240. The van der Waals surface area contributed by atoms with Crippen LogP contribution in [0.3, 0.4) is 0 Å². The first-order valence-corrected chi connectivity index (χ1v) is 13.3. The predicted octanol–water partition coefficient (Wildman–Crippen LogP) is 5.76. The van der Waals surface area contributed by atoms with E-state index in [0.717, 1.165) is 65.9 Å². The Morgan fingerprint density at radius 2 is 1.66 bits per heavy atom. The standard InChI is InChI=1S/C31H37N3O4/c1-22-19-24(21-35)12-13-28(22)32-30(36)10-6-7-23-11-14-29(27(20-23)25-8-4-3-5-9-25)33-31(37)38-26-15-17-34(2)18-16-26/h3-5,8-9,11-14,19-20,26,35H,6-7,10,15-18,21H2,1-2H3,(H,32,36)(H,33,37). The SMILES string of the molecule is Cc1cc(CO)ccc1NC(=O)CCCc1ccc(NC(=O)OC2CCN(C)CC2)c(-c2ccccc2)c1. The molecule has 0 spiro atoms. The molecule has 7 heteroatoms. The normalized spacial score (nSPS) is 14.2. The highest BCUT2D eigenvalue weighted by Crippen LogP contribution is 2.30. The Morgan fingerprint density at radius 3 is 2.37 bits per heavy atom. The summed E-state index contributed by atoms with van der Waals surface area (Å²) in [5.41, 5.74) is 6.24. The lowest BCUT2D eigenvalue weighted by atomic mass is 9.98. The number of anilines is 2. The number of ether oxygens (including phenoxy) is 1. The number of piperidine rings is 1. The summed E-state index contributed by atoms with van der Waals surface area (Å²) in [6, 6.07) is 21.5. The number of amides is 2. The van der Waals surface area contributed by atoms with Crippen LogP contribution in [0.15, 0.2) is 66.7 Å². The lowest BCUT2D eigenvalue weighted by Crippen LogP contribution is -2.36. The second kappa shape index (κ2) is 13.2. The van der Waals surface area contributed by atoms with Crippen LogP contribution in [0.1, 0.15) is 42.4 Å². The second-order valence-electron chi connectivity index (χ2n) is 9.99. The summed E-state index contributed by atoms with van der Waals surface area (Å²) >= 11 is 0. The van der Waals surface area contributed by atoms with Gasteiger partial charge in [-0.05, 0) is 80.1 Å². The Kier molecular flexibility index (Phi) is 9.51. The molecule has 0 bridgehead atoms. The summed E-state index contributed by atoms with van der Waals surface area (Å²) in [5, 5.41) is 15.2. The molecule has 0 aliphatic carbocycles. The molecule has 0 unspecified atom stereocenters. The molecule has 1 saturated heterocycles. The van der Waals surface area contributed by atoms with Gasteiger partial charge in [0.15, 0.2) is 0 Å². The zero-order valence-corrected chi connectivity index (χ0v) is 22.2. The fourth-order valence-electron chi connectivity index (χ4n) is 4.74. The van der Waals surface area contributed by atoms with E-state index < -0.39 is 6.09 Å². The van der Waals surface area contributed by atoms with E-state index in [9.17, 15) is 14.7 Å². The van der Waals surface area contributed by atoms with E-state index >= 15 is 0 Å². The molecule has 2 amide bonds. The van der Waals surface area contributed by atoms with E-state index in [4.69, 9.17) is 4.74 Å². The molecule has 0 saturated carbocycles. The number of aryl methyl sites for hydroxylation is 2. The highest BCUT2D eigenvalue weighted by molar-refractivity contribution is 5.92. The van der Waals surface area contributed by atoms with Gasteiger partial charge in [-0.2, -0.15) is 0 Å². The zero-order chi connectivity index (χ0) is 26.9. The van der Waals surface area contributed by atoms with Gasteiger partial charge in [0.1, 0.15) is 6.10 Å². The lowest BCUT2D eigenvalue weighted by Gasteiger charge is -2.28. The number of rotatable bonds is 9. The third-order valence-electron chi connectivity index (χ3n) is 6.96. The molecular weight excluding hydrogens is 478 g/mol. The molecule has 3 N–H and O–H groups in total. The number of aliphatic hydroxyl groups is 1. The van der Waals surface area contributed by atoms with Crippen LogP contribution in [0.5, 0.6) is 0 Å². The number of hydrogen-bond acceptors (Lipinski definition) is 5. The van der Waals surface area contributed by atoms with Crippen molar-refractivity contribution in [2.75, 3.05) is 30.8 Å². The van der Waals surface area contributed by atoms with Crippen molar-refractivity contribution in [2.24, 2.45) is 0 Å². The van der Waals surface area contributed by atoms with Gasteiger partial charge in [0, 0.05) is 30.8 Å². The predicted molar refractivity (Wildman–Crippen MR) is 151 cm³/mol. The van der Waals surface area contributed by atoms with Gasteiger partial charge in [0.05, 0.1) is 12.3 Å². The van der Waals surface area contributed by atoms with Crippen LogP contribution in [0.2, 0.25) is 0 Å². The second-order valence-corrected chi connectivity index (χ2v) is 9.99. The minimum atomic E-state index is -0.427. The summed E-state index contributed by atoms with van der Waals surface area (Å²) in [6.45, 7) is 3.75. The molecule has 7 nitrogen and oxygen atoms in total. The van der Waals surface area contributed by atoms with Crippen molar-refractivity contribution in [3.05, 3.63) is 83.4 Å². The molecule has 0 radical (unpaired) electrons. The zero-order valence-electron chi connectivity index (χ0n) is 22.2. The van der Waals surface area contributed by atoms with Gasteiger partial charge in [0.2, 0.25) is 5.91 Å². The number of nitrogens with one attached hydrogen (secondary N) is 2. The van der Waals surface area contributed by atoms with Crippen LogP contribution in [-0.4, -0.2) is 48.2 Å². The van der Waals surface area contributed by atoms with Crippen LogP contribution in [0.25, 0.3) is 11.1 Å². The molecule has 0 atom stereocenters. The molecule has 1 heterocycles. The molecule has 200 valence electrons. The van der Waals surface area contributed by atoms with Crippen molar-refractivity contribution in [2.45, 2.75) is 51.7 Å². The van der Waals surface area contributed by atoms with Crippen LogP contribution in [-0.2, 0) is 22.6 Å². The van der Waals surface area contributed by atoms with Crippen LogP contribution < -0.4 is 10.6 Å². The Morgan fingerprint density at radius 1 is 0.947 bits per heavy atom. The minimum absolute atomic E-state index is 0.0200. The average Bonchev–Trinajstić information content (AvgIpc) is 2.92. The van der Waals surface area contributed by atoms with Crippen LogP contribution in [0.4, 0.5) is 16.2 Å². The lowest BCUT2D eigenvalue weighted by molar-refractivity contribution is -0.116. The monoisotopic (exact) mass is 515 g/mol. The first-order chi connectivity index (χ1) is 18.4. The van der Waals surface area contributed by atoms with Gasteiger partial charge < -0.3 is 20.1 Å². The largest absolute Gasteiger partial charge is 0.446 e. The van der Waals surface area contributed by atoms with E-state index in [0.29, 0.717) is 18.5 Å². The van der Waals surface area contributed by atoms with E-state index in [-0.39, 0.29) is 18.6 Å². The Balaban J connectivity index is 1.37. The maximum atomic E-state index is 12.7. The molecule has 1 fully saturated rings. The van der Waals surface area contributed by atoms with Crippen molar-refractivity contribution in [1.82, 2.24) is 4.90 Å². The third-order valence-corrected chi connectivity index (χ3v) is 6.96. The third kappa shape index (κ3) is 7.66. The van der Waals surface area contributed by atoms with Crippen molar-refractivity contribution in [3.8, 4) is 11.1 Å². The maximum Gasteiger partial charge on any atom is 0.411 e. The number of aliphatic hydroxyl groups excluding tert-OH is 1. The van der Waals surface area contributed by atoms with E-state index in [2.05, 4.69) is 28.6 Å². The molecule has 1 aliphatic heterocycles. The summed E-state index contributed by atoms with van der Waals surface area (Å²) in [5.74, 6) is -0.0388. The topological polar surface area (TPSA) is 90.9 Å². The van der Waals surface area contributed by atoms with Crippen molar-refractivity contribution < 1.29 is 19.4 Å². The first-order valence-electron chi connectivity index (χ1n) is 13.3. The molecule has 0 aromatic heterocycles. The Hall–Kier alpha value is -3.68. The summed E-state index contributed by atoms with van der Waals surface area (Å²) in [6.07, 6.45) is 3.02. The fourth-order valence-corrected chi connectivity index (χ4v) is 4.74. The molecule has 3 aromatic rings. The van der Waals surface area contributed by atoms with Gasteiger partial charge in [-0.15, -0.1) is 0 Å². The molecule has 38 heavy (non-hydrogen) atoms. The average molecular weight is 516 g/mol. The maximum absolute atomic E-state index is 12.7. The number of likely N-dealkylation sites (tertiary alicyclic amines) is 1. The smallest absolute Gasteiger partial charge is 0.411 e. The highest BCUT2D eigenvalue weighted by atomic mass is 16.6. The quantitative estimate of drug-likeness (QED) is 0.337. The molecule has 1 aliphatic rings. The van der Waals surface area contributed by atoms with Crippen LogP contribution >= 0.6 is 0 Å². The van der Waals surface area contributed by atoms with Gasteiger partial charge in [-0.3, -0.25) is 10.1 Å². The van der Waals surface area contributed by atoms with Crippen molar-refractivity contribution in [1.29, 1.82) is 0 Å². The molecular formula is C31H37N3O4. The molecule has 3 aromatic carbocycles. The fraction of sp³-hybridized carbons (Fsp3) is 0.355. The van der Waals surface area contributed by atoms with Crippen molar-refractivity contribution >= 4 is 23.4 Å². The number of carbonyl (C=O) groups excluding carboxylic acids is 2. The minimum Gasteiger partial charge on any atom is -0.446 e. The number of nitrogens with zero attached hydrogens (tertiary/aromatic N) is 1. The molecule has 4 rings (SSSR count). The number of carbonyl (C=O) groups is 2. The summed E-state index contributed by atoms with van der Waals surface area (Å²) in [7, 11) is 2.08. The Labute approximate surface area is 224 Å². The summed E-state index contributed by atoms with van der Waals surface area (Å²) in [4.78, 5) is 27.5. The van der Waals surface area contributed by atoms with E-state index in [1.165, 1.54) is 0 Å². The first kappa shape index (κ1) is 27.4. The van der Waals surface area contributed by atoms with Gasteiger partial charge in [0.25, 0.3) is 0 Å². The van der Waals surface area contributed by atoms with Crippen molar-refractivity contribution in [3.63, 3.8) is 0 Å². The van der Waals surface area contributed by atoms with Gasteiger partial charge in [-0.1, -0.05) is 48.5 Å². The van der Waals surface area contributed by atoms with Gasteiger partial charge >= 0.3 is 6.09 Å². The van der Waals surface area contributed by atoms with Gasteiger partial charge in [-0.25, -0.2) is 4.79 Å². The van der Waals surface area contributed by atoms with E-state index in [1.807, 2.05) is 67.6 Å². The van der Waals surface area contributed by atoms with E-state index in [1.54, 1.807) is 0 Å². The number of hydrogen-bond donors (Lipinski definition) is 3. The van der Waals surface area contributed by atoms with Crippen LogP contribution in [0, 0.1) is 6.92 Å². The number of benzene rings is 3.